The minimum atomic E-state index is -0.997. The van der Waals surface area contributed by atoms with Gasteiger partial charge >= 0.3 is 6.09 Å². The van der Waals surface area contributed by atoms with E-state index < -0.39 is 47.5 Å². The molecule has 6 atom stereocenters. The van der Waals surface area contributed by atoms with E-state index in [0.29, 0.717) is 69.2 Å². The first-order valence-electron chi connectivity index (χ1n) is 29.0. The van der Waals surface area contributed by atoms with Gasteiger partial charge in [0, 0.05) is 60.1 Å². The molecule has 21 nitrogen and oxygen atoms in total. The van der Waals surface area contributed by atoms with E-state index in [1.807, 2.05) is 95.0 Å². The number of hydrogen-bond donors (Lipinski definition) is 6. The number of thiazole rings is 1. The second-order valence-corrected chi connectivity index (χ2v) is 25.0. The summed E-state index contributed by atoms with van der Waals surface area (Å²) in [5.74, 6) is -0.0573. The fourth-order valence-corrected chi connectivity index (χ4v) is 13.2. The predicted molar refractivity (Wildman–Crippen MR) is 319 cm³/mol. The van der Waals surface area contributed by atoms with E-state index in [0.717, 1.165) is 57.3 Å². The summed E-state index contributed by atoms with van der Waals surface area (Å²) in [4.78, 5) is 63.1. The third kappa shape index (κ3) is 11.2. The number of benzene rings is 4. The summed E-state index contributed by atoms with van der Waals surface area (Å²) in [5.41, 5.74) is 9.53. The number of amides is 3. The topological polar surface area (TPSA) is 262 Å². The van der Waals surface area contributed by atoms with Gasteiger partial charge in [0.2, 0.25) is 17.8 Å². The maximum Gasteiger partial charge on any atom is 0.410 e. The largest absolute Gasteiger partial charge is 0.486 e. The van der Waals surface area contributed by atoms with E-state index in [4.69, 9.17) is 19.4 Å². The SMILES string of the molecule is Cc1ncsc1-c1ccc([C@H](CO)NC(=O)[C@@H]2C[C@@H](O)CN2C(=O)[C@H](C(C)C)n2cc(-c3ccc(COc4c(-c5c(C)c(F)cc6[nH]ncc56)c(C5CC5)cc5c(N6C[C@@H]7C[C@H]6CN7C(=O)OC(C)(C)C)nc(NCCO)nc45)cc3)nn2)cc1. The van der Waals surface area contributed by atoms with Gasteiger partial charge in [-0.25, -0.2) is 23.8 Å². The first-order valence-corrected chi connectivity index (χ1v) is 29.9. The number of nitrogens with zero attached hydrogens (tertiary/aromatic N) is 10. The first-order chi connectivity index (χ1) is 40.9. The number of H-pyrrole nitrogens is 1. The molecule has 4 aliphatic rings. The van der Waals surface area contributed by atoms with Crippen LogP contribution < -0.4 is 20.3 Å². The second kappa shape index (κ2) is 23.0. The quantitative estimate of drug-likeness (QED) is 0.0471. The summed E-state index contributed by atoms with van der Waals surface area (Å²) >= 11 is 1.53. The summed E-state index contributed by atoms with van der Waals surface area (Å²) in [7, 11) is 0. The number of ether oxygens (including phenoxy) is 2. The maximum atomic E-state index is 16.2. The zero-order valence-corrected chi connectivity index (χ0v) is 49.4. The Balaban J connectivity index is 0.825. The van der Waals surface area contributed by atoms with Gasteiger partial charge in [-0.15, -0.1) is 16.4 Å². The van der Waals surface area contributed by atoms with Gasteiger partial charge in [0.25, 0.3) is 0 Å². The highest BCUT2D eigenvalue weighted by Crippen LogP contribution is 2.54. The number of nitrogens with one attached hydrogen (secondary N) is 3. The number of fused-ring (bicyclic) bond motifs is 4. The summed E-state index contributed by atoms with van der Waals surface area (Å²) in [5, 5.41) is 55.2. The van der Waals surface area contributed by atoms with Gasteiger partial charge in [-0.05, 0) is 106 Å². The van der Waals surface area contributed by atoms with Crippen LogP contribution in [0.4, 0.5) is 21.0 Å². The van der Waals surface area contributed by atoms with Gasteiger partial charge in [0.15, 0.2) is 5.75 Å². The minimum Gasteiger partial charge on any atom is -0.486 e. The number of aromatic nitrogens is 8. The molecule has 3 amide bonds. The first kappa shape index (κ1) is 57.3. The van der Waals surface area contributed by atoms with Gasteiger partial charge in [0.1, 0.15) is 47.1 Å². The molecule has 4 aromatic carbocycles. The Morgan fingerprint density at radius 1 is 0.918 bits per heavy atom. The highest BCUT2D eigenvalue weighted by atomic mass is 32.1. The van der Waals surface area contributed by atoms with Gasteiger partial charge in [0.05, 0.1) is 71.4 Å². The molecule has 7 heterocycles. The van der Waals surface area contributed by atoms with Crippen molar-refractivity contribution in [1.82, 2.24) is 55.3 Å². The molecular weight excluding hydrogens is 1110 g/mol. The van der Waals surface area contributed by atoms with Gasteiger partial charge in [-0.3, -0.25) is 14.7 Å². The summed E-state index contributed by atoms with van der Waals surface area (Å²) in [6.45, 7) is 13.7. The second-order valence-electron chi connectivity index (χ2n) is 24.2. The van der Waals surface area contributed by atoms with Crippen LogP contribution in [0.3, 0.4) is 0 Å². The Morgan fingerprint density at radius 2 is 1.68 bits per heavy atom. The van der Waals surface area contributed by atoms with Crippen molar-refractivity contribution in [1.29, 1.82) is 0 Å². The lowest BCUT2D eigenvalue weighted by atomic mass is 9.88. The normalized spacial score (nSPS) is 19.4. The number of aliphatic hydroxyl groups excluding tert-OH is 3. The Labute approximate surface area is 494 Å². The van der Waals surface area contributed by atoms with Crippen molar-refractivity contribution < 1.29 is 43.6 Å². The molecule has 4 fully saturated rings. The molecule has 0 unspecified atom stereocenters. The van der Waals surface area contributed by atoms with Crippen molar-refractivity contribution in [3.63, 3.8) is 0 Å². The molecule has 2 bridgehead atoms. The Bertz CT molecular complexity index is 3820. The van der Waals surface area contributed by atoms with Gasteiger partial charge in [-0.2, -0.15) is 10.1 Å². The van der Waals surface area contributed by atoms with E-state index in [1.54, 1.807) is 24.8 Å². The zero-order chi connectivity index (χ0) is 59.6. The van der Waals surface area contributed by atoms with Crippen molar-refractivity contribution >= 4 is 62.8 Å². The number of aliphatic hydroxyl groups is 3. The number of halogens is 1. The predicted octanol–water partition coefficient (Wildman–Crippen LogP) is 8.38. The number of hydrogen-bond acceptors (Lipinski definition) is 17. The van der Waals surface area contributed by atoms with Crippen molar-refractivity contribution in [3.8, 4) is 38.6 Å². The third-order valence-electron chi connectivity index (χ3n) is 16.7. The number of carbonyl (C=O) groups excluding carboxylic acids is 3. The maximum absolute atomic E-state index is 16.2. The van der Waals surface area contributed by atoms with Crippen LogP contribution in [-0.4, -0.2) is 152 Å². The average molecular weight is 1180 g/mol. The molecule has 0 spiro atoms. The number of aromatic amines is 1. The molecule has 4 aromatic heterocycles. The lowest BCUT2D eigenvalue weighted by molar-refractivity contribution is -0.142. The van der Waals surface area contributed by atoms with E-state index in [1.165, 1.54) is 27.0 Å². The Morgan fingerprint density at radius 3 is 2.35 bits per heavy atom. The van der Waals surface area contributed by atoms with E-state index in [-0.39, 0.29) is 75.3 Å². The van der Waals surface area contributed by atoms with Crippen LogP contribution in [0.2, 0.25) is 0 Å². The Hall–Kier alpha value is -8.12. The highest BCUT2D eigenvalue weighted by molar-refractivity contribution is 7.13. The number of carbonyl (C=O) groups is 3. The van der Waals surface area contributed by atoms with Crippen LogP contribution in [0.25, 0.3) is 54.6 Å². The van der Waals surface area contributed by atoms with Crippen molar-refractivity contribution in [3.05, 3.63) is 112 Å². The van der Waals surface area contributed by atoms with E-state index in [9.17, 15) is 29.7 Å². The number of anilines is 2. The Kier molecular flexibility index (Phi) is 15.5. The van der Waals surface area contributed by atoms with Crippen molar-refractivity contribution in [2.45, 2.75) is 129 Å². The number of aryl methyl sites for hydroxylation is 1. The van der Waals surface area contributed by atoms with Gasteiger partial charge in [-0.1, -0.05) is 67.6 Å². The third-order valence-corrected chi connectivity index (χ3v) is 17.7. The van der Waals surface area contributed by atoms with Crippen LogP contribution in [0.15, 0.2) is 78.6 Å². The summed E-state index contributed by atoms with van der Waals surface area (Å²) < 4.78 is 30.6. The van der Waals surface area contributed by atoms with Gasteiger partial charge < -0.3 is 50.1 Å². The van der Waals surface area contributed by atoms with E-state index >= 15 is 4.39 Å². The van der Waals surface area contributed by atoms with Crippen LogP contribution >= 0.6 is 11.3 Å². The molecule has 0 radical (unpaired) electrons. The molecule has 12 rings (SSSR count). The average Bonchev–Trinajstić information content (AvgIpc) is 1.97. The molecule has 1 saturated carbocycles. The lowest BCUT2D eigenvalue weighted by Crippen LogP contribution is -2.50. The monoisotopic (exact) mass is 1180 g/mol. The van der Waals surface area contributed by atoms with Crippen LogP contribution in [0.1, 0.15) is 106 Å². The molecule has 3 saturated heterocycles. The number of rotatable bonds is 18. The molecule has 444 valence electrons. The van der Waals surface area contributed by atoms with E-state index in [2.05, 4.69) is 47.1 Å². The molecular formula is C62H70FN13O8S. The summed E-state index contributed by atoms with van der Waals surface area (Å²) in [6.07, 6.45) is 4.72. The van der Waals surface area contributed by atoms with Crippen LogP contribution in [0, 0.1) is 25.6 Å². The standard InChI is InChI=1S/C62H70FN13O8S/c1-32(2)54(59(81)75-27-42(79)21-50(75)58(80)67-49(29-78)38-14-16-39(17-15-38)56-34(4)65-31-85-56)76-28-48(71-72-76)37-10-8-35(9-11-37)30-83-55-52(51-33(3)46(63)23-47-45(51)24-66-70-47)43(36-12-13-36)22-44-53(55)68-60(64-18-19-77)69-57(44)73-25-41-20-40(73)26-74(41)61(82)84-62(5,6)7/h8-11,14-17,22-24,28,31-32,36,40-42,49-50,54,77-79H,12-13,18-21,25-27,29-30H2,1-7H3,(H,66,70)(H,67,80)(H,64,68,69)/t40-,41-,42+,49-,50-,54-/m0/s1. The van der Waals surface area contributed by atoms with Crippen molar-refractivity contribution in [2.75, 3.05) is 49.6 Å². The molecule has 8 aromatic rings. The molecule has 85 heavy (non-hydrogen) atoms. The highest BCUT2D eigenvalue weighted by Gasteiger charge is 2.48. The number of piperazine rings is 1. The molecule has 1 aliphatic carbocycles. The van der Waals surface area contributed by atoms with Crippen LogP contribution in [-0.2, 0) is 20.9 Å². The fourth-order valence-electron chi connectivity index (χ4n) is 12.4. The molecule has 23 heteroatoms. The number of likely N-dealkylation sites (tertiary alicyclic amines) is 2. The molecule has 3 aliphatic heterocycles. The smallest absolute Gasteiger partial charge is 0.410 e. The fraction of sp³-hybridized carbons (Fsp3) is 0.435. The minimum absolute atomic E-state index is 0.0275. The van der Waals surface area contributed by atoms with Crippen LogP contribution in [0.5, 0.6) is 5.75 Å². The summed E-state index contributed by atoms with van der Waals surface area (Å²) in [6, 6.07) is 16.0. The zero-order valence-electron chi connectivity index (χ0n) is 48.5. The van der Waals surface area contributed by atoms with Crippen molar-refractivity contribution in [2.24, 2.45) is 5.92 Å². The molecule has 6 N–H and O–H groups in total. The lowest BCUT2D eigenvalue weighted by Gasteiger charge is -2.36. The number of β-amino-alcohol motifs (C(OH)–C–C–N with tert-alkyl or cyclic N) is 1.